The van der Waals surface area contributed by atoms with E-state index in [9.17, 15) is 19.8 Å². The molecule has 12 heteroatoms. The van der Waals surface area contributed by atoms with Crippen molar-refractivity contribution in [2.75, 3.05) is 20.8 Å². The van der Waals surface area contributed by atoms with Crippen molar-refractivity contribution < 1.29 is 34.0 Å². The van der Waals surface area contributed by atoms with Gasteiger partial charge in [0.15, 0.2) is 17.6 Å². The number of carbonyl (C=O) groups excluding carboxylic acids is 1. The van der Waals surface area contributed by atoms with Gasteiger partial charge in [-0.3, -0.25) is 9.59 Å². The Labute approximate surface area is 282 Å². The lowest BCUT2D eigenvalue weighted by Crippen LogP contribution is -2.51. The fourth-order valence-electron chi connectivity index (χ4n) is 6.44. The molecule has 0 saturated carbocycles. The molecule has 1 saturated heterocycles. The molecule has 1 fully saturated rings. The topological polar surface area (TPSA) is 158 Å². The number of ether oxygens (including phenoxy) is 4. The minimum Gasteiger partial charge on any atom is -0.497 e. The Kier molecular flexibility index (Phi) is 9.77. The van der Waals surface area contributed by atoms with E-state index in [0.717, 1.165) is 16.7 Å². The first-order valence-electron chi connectivity index (χ1n) is 15.7. The highest BCUT2D eigenvalue weighted by Crippen LogP contribution is 2.47. The molecule has 3 heterocycles. The van der Waals surface area contributed by atoms with Gasteiger partial charge in [0.2, 0.25) is 0 Å². The highest BCUT2D eigenvalue weighted by molar-refractivity contribution is 5.80. The highest BCUT2D eigenvalue weighted by Gasteiger charge is 2.52. The number of fused-ring (bicyclic) bond motifs is 1. The zero-order valence-electron chi connectivity index (χ0n) is 27.2. The Morgan fingerprint density at radius 2 is 1.63 bits per heavy atom. The van der Waals surface area contributed by atoms with Gasteiger partial charge in [0.25, 0.3) is 5.56 Å². The number of nitrogens with zero attached hydrogens (tertiary/aromatic N) is 3. The van der Waals surface area contributed by atoms with Gasteiger partial charge in [-0.05, 0) is 46.9 Å². The maximum atomic E-state index is 12.9. The number of hydrogen-bond acceptors (Lipinski definition) is 10. The van der Waals surface area contributed by atoms with Gasteiger partial charge in [-0.25, -0.2) is 9.67 Å². The lowest BCUT2D eigenvalue weighted by atomic mass is 9.64. The monoisotopic (exact) mass is 664 g/mol. The van der Waals surface area contributed by atoms with Crippen molar-refractivity contribution in [1.82, 2.24) is 19.7 Å². The van der Waals surface area contributed by atoms with Gasteiger partial charge in [-0.1, -0.05) is 60.5 Å². The van der Waals surface area contributed by atoms with Crippen LogP contribution in [0.1, 0.15) is 48.4 Å². The molecule has 0 aliphatic carbocycles. The number of benzene rings is 3. The summed E-state index contributed by atoms with van der Waals surface area (Å²) in [4.78, 5) is 30.9. The minimum absolute atomic E-state index is 0.0440. The molecular weight excluding hydrogens is 628 g/mol. The van der Waals surface area contributed by atoms with Crippen LogP contribution in [-0.2, 0) is 19.7 Å². The van der Waals surface area contributed by atoms with Gasteiger partial charge in [0.1, 0.15) is 35.7 Å². The summed E-state index contributed by atoms with van der Waals surface area (Å²) in [7, 11) is 3.17. The Bertz CT molecular complexity index is 1980. The van der Waals surface area contributed by atoms with E-state index in [1.165, 1.54) is 17.9 Å². The van der Waals surface area contributed by atoms with E-state index >= 15 is 0 Å². The smallest absolute Gasteiger partial charge is 0.302 e. The molecule has 3 N–H and O–H groups in total. The number of rotatable bonds is 10. The van der Waals surface area contributed by atoms with Crippen LogP contribution in [0.5, 0.6) is 11.5 Å². The van der Waals surface area contributed by atoms with Crippen molar-refractivity contribution in [2.24, 2.45) is 0 Å². The second-order valence-corrected chi connectivity index (χ2v) is 11.5. The van der Waals surface area contributed by atoms with Crippen LogP contribution in [0.15, 0.2) is 90.0 Å². The lowest BCUT2D eigenvalue weighted by Gasteiger charge is -2.42. The van der Waals surface area contributed by atoms with Gasteiger partial charge in [-0.2, -0.15) is 5.10 Å². The molecule has 6 rings (SSSR count). The van der Waals surface area contributed by atoms with Crippen molar-refractivity contribution >= 4 is 17.0 Å². The number of aliphatic hydroxyl groups is 2. The number of aromatic amines is 1. The summed E-state index contributed by atoms with van der Waals surface area (Å²) in [6, 6.07) is 24.4. The zero-order valence-corrected chi connectivity index (χ0v) is 27.2. The number of aromatic nitrogens is 4. The molecule has 1 aliphatic rings. The SMILES string of the molecule is COc1ccc(C(c2ccccc2)(c2ccc(OC)cc2)C(O)[C@H]2O[C@@H](n3nc(C#CCCOC(C)=O)c4c(=O)[nH]cnc43)C[C@@H]2O)cc1. The van der Waals surface area contributed by atoms with Crippen molar-refractivity contribution in [3.63, 3.8) is 0 Å². The summed E-state index contributed by atoms with van der Waals surface area (Å²) >= 11 is 0. The Morgan fingerprint density at radius 3 is 2.22 bits per heavy atom. The average Bonchev–Trinajstić information content (AvgIpc) is 3.70. The first kappa shape index (κ1) is 33.4. The number of hydrogen-bond donors (Lipinski definition) is 3. The van der Waals surface area contributed by atoms with Crippen LogP contribution >= 0.6 is 0 Å². The maximum absolute atomic E-state index is 12.9. The summed E-state index contributed by atoms with van der Waals surface area (Å²) in [6.45, 7) is 1.41. The van der Waals surface area contributed by atoms with Gasteiger partial charge in [0, 0.05) is 19.8 Å². The molecule has 49 heavy (non-hydrogen) atoms. The highest BCUT2D eigenvalue weighted by atomic mass is 16.5. The molecule has 0 bridgehead atoms. The Balaban J connectivity index is 1.43. The molecule has 5 aromatic rings. The summed E-state index contributed by atoms with van der Waals surface area (Å²) in [5.74, 6) is 6.62. The normalized spacial score (nSPS) is 18.0. The van der Waals surface area contributed by atoms with Gasteiger partial charge in [-0.15, -0.1) is 0 Å². The largest absolute Gasteiger partial charge is 0.497 e. The van der Waals surface area contributed by atoms with E-state index in [2.05, 4.69) is 26.9 Å². The number of H-pyrrole nitrogens is 1. The van der Waals surface area contributed by atoms with E-state index in [4.69, 9.17) is 18.9 Å². The quantitative estimate of drug-likeness (QED) is 0.0874. The number of aliphatic hydroxyl groups excluding tert-OH is 2. The third kappa shape index (κ3) is 6.39. The number of carbonyl (C=O) groups is 1. The van der Waals surface area contributed by atoms with Crippen LogP contribution in [0.3, 0.4) is 0 Å². The molecule has 1 aliphatic heterocycles. The van der Waals surface area contributed by atoms with Crippen molar-refractivity contribution in [1.29, 1.82) is 0 Å². The van der Waals surface area contributed by atoms with E-state index < -0.39 is 41.5 Å². The van der Waals surface area contributed by atoms with Gasteiger partial charge < -0.3 is 34.1 Å². The van der Waals surface area contributed by atoms with Crippen LogP contribution in [0, 0.1) is 11.8 Å². The molecule has 1 unspecified atom stereocenters. The number of methoxy groups -OCH3 is 2. The third-order valence-corrected chi connectivity index (χ3v) is 8.72. The molecule has 12 nitrogen and oxygen atoms in total. The number of esters is 1. The molecular formula is C37H36N4O8. The van der Waals surface area contributed by atoms with Crippen molar-refractivity contribution in [3.05, 3.63) is 118 Å². The summed E-state index contributed by atoms with van der Waals surface area (Å²) in [5, 5.41) is 29.0. The fraction of sp³-hybridized carbons (Fsp3) is 0.297. The minimum atomic E-state index is -1.34. The van der Waals surface area contributed by atoms with Gasteiger partial charge >= 0.3 is 5.97 Å². The van der Waals surface area contributed by atoms with Crippen molar-refractivity contribution in [2.45, 2.75) is 49.7 Å². The molecule has 3 aromatic carbocycles. The van der Waals surface area contributed by atoms with Crippen LogP contribution in [-0.4, -0.2) is 75.1 Å². The molecule has 0 amide bonds. The second-order valence-electron chi connectivity index (χ2n) is 11.5. The second kappa shape index (κ2) is 14.3. The Hall–Kier alpha value is -5.48. The van der Waals surface area contributed by atoms with Crippen LogP contribution in [0.2, 0.25) is 0 Å². The van der Waals surface area contributed by atoms with E-state index in [-0.39, 0.29) is 36.2 Å². The van der Waals surface area contributed by atoms with E-state index in [1.807, 2.05) is 78.9 Å². The standard InChI is InChI=1S/C37H36N4O8/c1-23(42)48-20-8-7-11-29-32-35(38-22-39-36(32)45)41(40-29)31-21-30(43)33(49-31)34(44)37(24-9-5-4-6-10-24,25-12-16-27(46-2)17-13-25)26-14-18-28(47-3)19-15-26/h4-6,9-10,12-19,22,30-31,33-34,43-44H,8,20-21H2,1-3H3,(H,38,39,45)/t30-,31+,33-,34?/m0/s1. The number of nitrogens with one attached hydrogen (secondary N) is 1. The predicted octanol–water partition coefficient (Wildman–Crippen LogP) is 3.49. The first-order valence-corrected chi connectivity index (χ1v) is 15.7. The Morgan fingerprint density at radius 1 is 1.02 bits per heavy atom. The predicted molar refractivity (Wildman–Crippen MR) is 179 cm³/mol. The van der Waals surface area contributed by atoms with E-state index in [1.54, 1.807) is 14.2 Å². The first-order chi connectivity index (χ1) is 23.8. The van der Waals surface area contributed by atoms with Crippen LogP contribution in [0.25, 0.3) is 11.0 Å². The van der Waals surface area contributed by atoms with E-state index in [0.29, 0.717) is 11.5 Å². The molecule has 252 valence electrons. The summed E-state index contributed by atoms with van der Waals surface area (Å²) < 4.78 is 23.7. The fourth-order valence-corrected chi connectivity index (χ4v) is 6.44. The zero-order chi connectivity index (χ0) is 34.5. The maximum Gasteiger partial charge on any atom is 0.302 e. The summed E-state index contributed by atoms with van der Waals surface area (Å²) in [6.07, 6.45) is -2.96. The summed E-state index contributed by atoms with van der Waals surface area (Å²) in [5.41, 5.74) is 0.921. The lowest BCUT2D eigenvalue weighted by molar-refractivity contribution is -0.140. The third-order valence-electron chi connectivity index (χ3n) is 8.72. The average molecular weight is 665 g/mol. The van der Waals surface area contributed by atoms with Crippen LogP contribution in [0.4, 0.5) is 0 Å². The van der Waals surface area contributed by atoms with Crippen molar-refractivity contribution in [3.8, 4) is 23.3 Å². The molecule has 0 radical (unpaired) electrons. The molecule has 4 atom stereocenters. The van der Waals surface area contributed by atoms with Crippen LogP contribution < -0.4 is 15.0 Å². The van der Waals surface area contributed by atoms with Gasteiger partial charge in [0.05, 0.1) is 32.1 Å². The molecule has 0 spiro atoms. The molecule has 2 aromatic heterocycles.